The Morgan fingerprint density at radius 1 is 1.37 bits per heavy atom. The molecule has 0 amide bonds. The molecule has 7 heteroatoms. The number of benzene rings is 1. The van der Waals surface area contributed by atoms with Crippen molar-refractivity contribution >= 4 is 29.3 Å². The van der Waals surface area contributed by atoms with Crippen molar-refractivity contribution in [1.82, 2.24) is 0 Å². The van der Waals surface area contributed by atoms with Crippen molar-refractivity contribution in [3.05, 3.63) is 50.2 Å². The second kappa shape index (κ2) is 4.99. The van der Waals surface area contributed by atoms with Crippen LogP contribution in [0.5, 0.6) is 0 Å². The van der Waals surface area contributed by atoms with Crippen molar-refractivity contribution in [3.63, 3.8) is 0 Å². The lowest BCUT2D eigenvalue weighted by Gasteiger charge is -2.03. The number of aldehydes is 1. The third-order valence-corrected chi connectivity index (χ3v) is 3.35. The molecule has 0 aliphatic carbocycles. The van der Waals surface area contributed by atoms with Gasteiger partial charge in [0.25, 0.3) is 5.69 Å². The number of rotatable bonds is 4. The van der Waals surface area contributed by atoms with Gasteiger partial charge in [-0.15, -0.1) is 11.3 Å². The summed E-state index contributed by atoms with van der Waals surface area (Å²) in [6.07, 6.45) is 0.645. The number of hydrogen-bond acceptors (Lipinski definition) is 5. The average molecular weight is 277 g/mol. The van der Waals surface area contributed by atoms with E-state index in [2.05, 4.69) is 0 Å². The van der Waals surface area contributed by atoms with E-state index in [1.54, 1.807) is 5.38 Å². The molecule has 1 aromatic carbocycles. The Balaban J connectivity index is 2.63. The predicted molar refractivity (Wildman–Crippen MR) is 68.8 cm³/mol. The van der Waals surface area contributed by atoms with Gasteiger partial charge in [0.15, 0.2) is 6.29 Å². The number of nitro benzene ring substituents is 1. The molecular formula is C12H7NO5S. The van der Waals surface area contributed by atoms with Gasteiger partial charge in [-0.05, 0) is 23.1 Å². The van der Waals surface area contributed by atoms with Crippen LogP contribution in [0, 0.1) is 10.1 Å². The molecule has 6 nitrogen and oxygen atoms in total. The van der Waals surface area contributed by atoms with E-state index in [0.717, 1.165) is 17.4 Å². The first-order valence-corrected chi connectivity index (χ1v) is 5.96. The lowest BCUT2D eigenvalue weighted by atomic mass is 10.0. The minimum absolute atomic E-state index is 0.0409. The summed E-state index contributed by atoms with van der Waals surface area (Å²) in [6, 6.07) is 5.03. The number of hydrogen-bond donors (Lipinski definition) is 1. The number of nitrogens with zero attached hydrogens (tertiary/aromatic N) is 1. The maximum absolute atomic E-state index is 11.1. The van der Waals surface area contributed by atoms with Crippen LogP contribution in [-0.4, -0.2) is 22.3 Å². The molecule has 0 saturated carbocycles. The second-order valence-corrected chi connectivity index (χ2v) is 4.59. The van der Waals surface area contributed by atoms with Gasteiger partial charge in [-0.3, -0.25) is 14.9 Å². The molecule has 96 valence electrons. The first kappa shape index (κ1) is 12.9. The molecule has 0 aliphatic heterocycles. The summed E-state index contributed by atoms with van der Waals surface area (Å²) in [5, 5.41) is 21.4. The van der Waals surface area contributed by atoms with Gasteiger partial charge < -0.3 is 5.11 Å². The Bertz CT molecular complexity index is 677. The molecule has 0 aliphatic rings. The fraction of sp³-hybridized carbons (Fsp3) is 0. The van der Waals surface area contributed by atoms with Crippen LogP contribution in [0.3, 0.4) is 0 Å². The van der Waals surface area contributed by atoms with Crippen LogP contribution >= 0.6 is 11.3 Å². The number of thiophene rings is 1. The monoisotopic (exact) mass is 277 g/mol. The molecular weight excluding hydrogens is 270 g/mol. The first-order valence-electron chi connectivity index (χ1n) is 5.08. The van der Waals surface area contributed by atoms with Crippen molar-refractivity contribution in [3.8, 4) is 11.1 Å². The van der Waals surface area contributed by atoms with Crippen LogP contribution in [0.25, 0.3) is 11.1 Å². The van der Waals surface area contributed by atoms with Crippen molar-refractivity contribution in [2.45, 2.75) is 0 Å². The Morgan fingerprint density at radius 3 is 2.63 bits per heavy atom. The minimum Gasteiger partial charge on any atom is -0.478 e. The maximum Gasteiger partial charge on any atom is 0.336 e. The summed E-state index contributed by atoms with van der Waals surface area (Å²) in [4.78, 5) is 32.3. The SMILES string of the molecule is O=Cc1cc(-c2cc([N+](=O)[O-])ccc2C(=O)O)cs1. The number of carbonyl (C=O) groups is 2. The molecule has 1 heterocycles. The largest absolute Gasteiger partial charge is 0.478 e. The maximum atomic E-state index is 11.1. The van der Waals surface area contributed by atoms with Gasteiger partial charge >= 0.3 is 5.97 Å². The minimum atomic E-state index is -1.18. The Hall–Kier alpha value is -2.54. The number of non-ortho nitro benzene ring substituents is 1. The lowest BCUT2D eigenvalue weighted by Crippen LogP contribution is -2.00. The van der Waals surface area contributed by atoms with E-state index in [9.17, 15) is 19.7 Å². The molecule has 0 fully saturated rings. The highest BCUT2D eigenvalue weighted by Gasteiger charge is 2.17. The van der Waals surface area contributed by atoms with Gasteiger partial charge in [0.05, 0.1) is 15.4 Å². The normalized spacial score (nSPS) is 10.1. The van der Waals surface area contributed by atoms with E-state index in [-0.39, 0.29) is 16.8 Å². The predicted octanol–water partition coefficient (Wildman–Crippen LogP) is 2.83. The van der Waals surface area contributed by atoms with E-state index in [4.69, 9.17) is 5.11 Å². The quantitative estimate of drug-likeness (QED) is 0.526. The zero-order valence-electron chi connectivity index (χ0n) is 9.40. The van der Waals surface area contributed by atoms with Gasteiger partial charge in [0.1, 0.15) is 0 Å². The van der Waals surface area contributed by atoms with Gasteiger partial charge in [0, 0.05) is 17.7 Å². The van der Waals surface area contributed by atoms with Crippen LogP contribution in [0.2, 0.25) is 0 Å². The fourth-order valence-corrected chi connectivity index (χ4v) is 2.34. The van der Waals surface area contributed by atoms with Crippen molar-refractivity contribution in [2.24, 2.45) is 0 Å². The molecule has 1 aromatic heterocycles. The molecule has 0 spiro atoms. The van der Waals surface area contributed by atoms with E-state index in [0.29, 0.717) is 16.7 Å². The summed E-state index contributed by atoms with van der Waals surface area (Å²) in [7, 11) is 0. The second-order valence-electron chi connectivity index (χ2n) is 3.65. The van der Waals surface area contributed by atoms with E-state index < -0.39 is 10.9 Å². The molecule has 1 N–H and O–H groups in total. The highest BCUT2D eigenvalue weighted by molar-refractivity contribution is 7.12. The number of carbonyl (C=O) groups excluding carboxylic acids is 1. The molecule has 0 unspecified atom stereocenters. The molecule has 0 atom stereocenters. The van der Waals surface area contributed by atoms with Crippen molar-refractivity contribution < 1.29 is 19.6 Å². The van der Waals surface area contributed by atoms with Crippen molar-refractivity contribution in [1.29, 1.82) is 0 Å². The summed E-state index contributed by atoms with van der Waals surface area (Å²) < 4.78 is 0. The Labute approximate surface area is 111 Å². The van der Waals surface area contributed by atoms with Crippen LogP contribution < -0.4 is 0 Å². The van der Waals surface area contributed by atoms with Gasteiger partial charge in [-0.25, -0.2) is 4.79 Å². The Kier molecular flexibility index (Phi) is 3.39. The van der Waals surface area contributed by atoms with E-state index in [1.165, 1.54) is 18.2 Å². The number of nitro groups is 1. The van der Waals surface area contributed by atoms with Crippen LogP contribution in [0.4, 0.5) is 5.69 Å². The standard InChI is InChI=1S/C12H7NO5S/c14-5-9-3-7(6-19-9)11-4-8(13(17)18)1-2-10(11)12(15)16/h1-6H,(H,15,16). The Morgan fingerprint density at radius 2 is 2.11 bits per heavy atom. The molecule has 2 rings (SSSR count). The van der Waals surface area contributed by atoms with Gasteiger partial charge in [0.2, 0.25) is 0 Å². The molecule has 2 aromatic rings. The topological polar surface area (TPSA) is 97.5 Å². The molecule has 0 radical (unpaired) electrons. The lowest BCUT2D eigenvalue weighted by molar-refractivity contribution is -0.384. The zero-order valence-corrected chi connectivity index (χ0v) is 10.2. The zero-order chi connectivity index (χ0) is 14.0. The summed E-state index contributed by atoms with van der Waals surface area (Å²) >= 11 is 1.15. The van der Waals surface area contributed by atoms with Gasteiger partial charge in [-0.1, -0.05) is 0 Å². The summed E-state index contributed by atoms with van der Waals surface area (Å²) in [5.41, 5.74) is 0.471. The molecule has 0 bridgehead atoms. The van der Waals surface area contributed by atoms with E-state index >= 15 is 0 Å². The molecule has 0 saturated heterocycles. The smallest absolute Gasteiger partial charge is 0.336 e. The van der Waals surface area contributed by atoms with Crippen LogP contribution in [0.1, 0.15) is 20.0 Å². The fourth-order valence-electron chi connectivity index (χ4n) is 1.63. The first-order chi connectivity index (χ1) is 9.02. The van der Waals surface area contributed by atoms with E-state index in [1.807, 2.05) is 0 Å². The molecule has 19 heavy (non-hydrogen) atoms. The number of carboxylic acids is 1. The van der Waals surface area contributed by atoms with Crippen LogP contribution in [0.15, 0.2) is 29.6 Å². The number of carboxylic acid groups (broad SMARTS) is 1. The highest BCUT2D eigenvalue weighted by Crippen LogP contribution is 2.31. The van der Waals surface area contributed by atoms with Crippen molar-refractivity contribution in [2.75, 3.05) is 0 Å². The number of aromatic carboxylic acids is 1. The average Bonchev–Trinajstić information content (AvgIpc) is 2.86. The third kappa shape index (κ3) is 2.50. The summed E-state index contributed by atoms with van der Waals surface area (Å²) in [5.74, 6) is -1.18. The highest BCUT2D eigenvalue weighted by atomic mass is 32.1. The van der Waals surface area contributed by atoms with Crippen LogP contribution in [-0.2, 0) is 0 Å². The summed E-state index contributed by atoms with van der Waals surface area (Å²) in [6.45, 7) is 0. The third-order valence-electron chi connectivity index (χ3n) is 2.49. The van der Waals surface area contributed by atoms with Gasteiger partial charge in [-0.2, -0.15) is 0 Å².